The molecule has 0 amide bonds. The molecule has 158 valence electrons. The van der Waals surface area contributed by atoms with Crippen LogP contribution < -0.4 is 14.8 Å². The SMILES string of the molecule is CCc1cccc(F)c1COc1ccc2c(c1)OCC(NC13CC(C(=O)O)(C1)C3)C2. The lowest BCUT2D eigenvalue weighted by atomic mass is 9.39. The van der Waals surface area contributed by atoms with Crippen molar-refractivity contribution in [2.75, 3.05) is 6.61 Å². The zero-order chi connectivity index (χ0) is 20.9. The van der Waals surface area contributed by atoms with E-state index in [1.807, 2.05) is 31.2 Å². The molecule has 0 saturated heterocycles. The quantitative estimate of drug-likeness (QED) is 0.724. The van der Waals surface area contributed by atoms with E-state index >= 15 is 0 Å². The van der Waals surface area contributed by atoms with Crippen LogP contribution in [0.15, 0.2) is 36.4 Å². The third-order valence-corrected chi connectivity index (χ3v) is 6.92. The first-order chi connectivity index (χ1) is 14.4. The number of carbonyl (C=O) groups is 1. The molecule has 2 aromatic rings. The average Bonchev–Trinajstić information content (AvgIpc) is 2.68. The summed E-state index contributed by atoms with van der Waals surface area (Å²) in [6.07, 6.45) is 3.77. The molecule has 6 heteroatoms. The van der Waals surface area contributed by atoms with Crippen molar-refractivity contribution in [3.8, 4) is 11.5 Å². The van der Waals surface area contributed by atoms with E-state index < -0.39 is 11.4 Å². The van der Waals surface area contributed by atoms with Gasteiger partial charge in [0.1, 0.15) is 30.5 Å². The molecule has 5 nitrogen and oxygen atoms in total. The minimum atomic E-state index is -0.662. The van der Waals surface area contributed by atoms with E-state index in [1.165, 1.54) is 6.07 Å². The largest absolute Gasteiger partial charge is 0.492 e. The van der Waals surface area contributed by atoms with Gasteiger partial charge in [0.05, 0.1) is 5.41 Å². The topological polar surface area (TPSA) is 67.8 Å². The predicted octanol–water partition coefficient (Wildman–Crippen LogP) is 3.87. The smallest absolute Gasteiger partial charge is 0.309 e. The Morgan fingerprint density at radius 3 is 2.83 bits per heavy atom. The third kappa shape index (κ3) is 3.14. The van der Waals surface area contributed by atoms with Crippen molar-refractivity contribution >= 4 is 5.97 Å². The number of fused-ring (bicyclic) bond motifs is 1. The molecule has 2 N–H and O–H groups in total. The summed E-state index contributed by atoms with van der Waals surface area (Å²) in [5.74, 6) is 0.559. The second-order valence-corrected chi connectivity index (χ2v) is 9.04. The van der Waals surface area contributed by atoms with Gasteiger partial charge < -0.3 is 19.9 Å². The monoisotopic (exact) mass is 411 g/mol. The standard InChI is InChI=1S/C24H26FNO4/c1-2-15-4-3-5-20(25)19(15)11-29-18-7-6-16-8-17(10-30-21(16)9-18)26-24-12-23(13-24,14-24)22(27)28/h3-7,9,17,26H,2,8,10-14H2,1H3,(H,27,28). The highest BCUT2D eigenvalue weighted by molar-refractivity contribution is 5.80. The number of hydrogen-bond acceptors (Lipinski definition) is 4. The molecule has 2 bridgehead atoms. The van der Waals surface area contributed by atoms with Crippen LogP contribution in [0.4, 0.5) is 4.39 Å². The van der Waals surface area contributed by atoms with Crippen molar-refractivity contribution in [1.82, 2.24) is 5.32 Å². The van der Waals surface area contributed by atoms with Crippen LogP contribution in [0.3, 0.4) is 0 Å². The van der Waals surface area contributed by atoms with Crippen molar-refractivity contribution in [3.05, 3.63) is 58.9 Å². The summed E-state index contributed by atoms with van der Waals surface area (Å²) >= 11 is 0. The Labute approximate surface area is 175 Å². The first-order valence-electron chi connectivity index (χ1n) is 10.6. The Kier molecular flexibility index (Phi) is 4.51. The molecule has 2 aromatic carbocycles. The van der Waals surface area contributed by atoms with Gasteiger partial charge >= 0.3 is 5.97 Å². The van der Waals surface area contributed by atoms with Gasteiger partial charge in [0.15, 0.2) is 0 Å². The van der Waals surface area contributed by atoms with Gasteiger partial charge in [-0.05, 0) is 55.4 Å². The summed E-state index contributed by atoms with van der Waals surface area (Å²) in [6.45, 7) is 2.74. The Balaban J connectivity index is 1.20. The maximum Gasteiger partial charge on any atom is 0.309 e. The lowest BCUT2D eigenvalue weighted by Crippen LogP contribution is -2.78. The fourth-order valence-corrected chi connectivity index (χ4v) is 5.39. The van der Waals surface area contributed by atoms with E-state index in [-0.39, 0.29) is 24.0 Å². The highest BCUT2D eigenvalue weighted by atomic mass is 19.1. The van der Waals surface area contributed by atoms with Crippen LogP contribution in [0.5, 0.6) is 11.5 Å². The first-order valence-corrected chi connectivity index (χ1v) is 10.6. The molecule has 1 unspecified atom stereocenters. The lowest BCUT2D eigenvalue weighted by molar-refractivity contribution is -0.201. The summed E-state index contributed by atoms with van der Waals surface area (Å²) in [7, 11) is 0. The van der Waals surface area contributed by atoms with E-state index in [4.69, 9.17) is 9.47 Å². The molecular weight excluding hydrogens is 385 g/mol. The summed E-state index contributed by atoms with van der Waals surface area (Å²) < 4.78 is 26.0. The molecule has 1 heterocycles. The molecule has 30 heavy (non-hydrogen) atoms. The molecule has 3 saturated carbocycles. The van der Waals surface area contributed by atoms with E-state index in [0.717, 1.165) is 49.0 Å². The second kappa shape index (κ2) is 6.98. The summed E-state index contributed by atoms with van der Waals surface area (Å²) in [6, 6.07) is 11.1. The van der Waals surface area contributed by atoms with Crippen LogP contribution in [-0.2, 0) is 24.2 Å². The van der Waals surface area contributed by atoms with Gasteiger partial charge in [-0.25, -0.2) is 4.39 Å². The molecule has 6 rings (SSSR count). The molecular formula is C24H26FNO4. The lowest BCUT2D eigenvalue weighted by Gasteiger charge is -2.69. The van der Waals surface area contributed by atoms with Crippen LogP contribution in [0, 0.1) is 11.2 Å². The van der Waals surface area contributed by atoms with Crippen molar-refractivity contribution in [2.45, 2.75) is 57.2 Å². The van der Waals surface area contributed by atoms with E-state index in [9.17, 15) is 14.3 Å². The fraction of sp³-hybridized carbons (Fsp3) is 0.458. The van der Waals surface area contributed by atoms with Crippen molar-refractivity contribution in [3.63, 3.8) is 0 Å². The normalized spacial score (nSPS) is 28.5. The number of rotatable bonds is 7. The average molecular weight is 411 g/mol. The van der Waals surface area contributed by atoms with Crippen LogP contribution in [0.2, 0.25) is 0 Å². The number of aryl methyl sites for hydroxylation is 1. The van der Waals surface area contributed by atoms with Gasteiger partial charge in [-0.3, -0.25) is 4.79 Å². The number of hydrogen-bond donors (Lipinski definition) is 2. The molecule has 3 aliphatic carbocycles. The van der Waals surface area contributed by atoms with Gasteiger partial charge in [0.25, 0.3) is 0 Å². The van der Waals surface area contributed by atoms with Crippen LogP contribution in [-0.4, -0.2) is 29.3 Å². The van der Waals surface area contributed by atoms with Gasteiger partial charge in [0, 0.05) is 23.2 Å². The maximum atomic E-state index is 14.2. The number of benzene rings is 2. The Hall–Kier alpha value is -2.60. The Morgan fingerprint density at radius 2 is 2.10 bits per heavy atom. The minimum Gasteiger partial charge on any atom is -0.492 e. The van der Waals surface area contributed by atoms with Gasteiger partial charge in [0.2, 0.25) is 0 Å². The number of carboxylic acids is 1. The van der Waals surface area contributed by atoms with Crippen molar-refractivity contribution in [2.24, 2.45) is 5.41 Å². The van der Waals surface area contributed by atoms with Crippen LogP contribution >= 0.6 is 0 Å². The summed E-state index contributed by atoms with van der Waals surface area (Å²) in [5.41, 5.74) is 2.18. The molecule has 3 fully saturated rings. The van der Waals surface area contributed by atoms with Crippen molar-refractivity contribution < 1.29 is 23.8 Å². The van der Waals surface area contributed by atoms with Gasteiger partial charge in [-0.2, -0.15) is 0 Å². The van der Waals surface area contributed by atoms with Gasteiger partial charge in [-0.15, -0.1) is 0 Å². The molecule has 0 radical (unpaired) electrons. The van der Waals surface area contributed by atoms with E-state index in [0.29, 0.717) is 17.9 Å². The molecule has 1 atom stereocenters. The number of carboxylic acid groups (broad SMARTS) is 1. The summed E-state index contributed by atoms with van der Waals surface area (Å²) in [4.78, 5) is 11.3. The van der Waals surface area contributed by atoms with Crippen LogP contribution in [0.1, 0.15) is 42.9 Å². The highest BCUT2D eigenvalue weighted by Crippen LogP contribution is 2.67. The number of aliphatic carboxylic acids is 1. The number of halogens is 1. The van der Waals surface area contributed by atoms with Crippen LogP contribution in [0.25, 0.3) is 0 Å². The fourth-order valence-electron chi connectivity index (χ4n) is 5.39. The molecule has 0 spiro atoms. The minimum absolute atomic E-state index is 0.0102. The van der Waals surface area contributed by atoms with Gasteiger partial charge in [-0.1, -0.05) is 25.1 Å². The number of nitrogens with one attached hydrogen (secondary N) is 1. The van der Waals surface area contributed by atoms with E-state index in [1.54, 1.807) is 6.07 Å². The molecule has 0 aromatic heterocycles. The van der Waals surface area contributed by atoms with Crippen molar-refractivity contribution in [1.29, 1.82) is 0 Å². The highest BCUT2D eigenvalue weighted by Gasteiger charge is 2.72. The molecule has 4 aliphatic rings. The predicted molar refractivity (Wildman–Crippen MR) is 109 cm³/mol. The first kappa shape index (κ1) is 19.4. The zero-order valence-electron chi connectivity index (χ0n) is 17.0. The Bertz CT molecular complexity index is 985. The Morgan fingerprint density at radius 1 is 1.30 bits per heavy atom. The zero-order valence-corrected chi connectivity index (χ0v) is 17.0. The maximum absolute atomic E-state index is 14.2. The summed E-state index contributed by atoms with van der Waals surface area (Å²) in [5, 5.41) is 12.9. The number of ether oxygens (including phenoxy) is 2. The van der Waals surface area contributed by atoms with E-state index in [2.05, 4.69) is 5.32 Å². The third-order valence-electron chi connectivity index (χ3n) is 6.92. The second-order valence-electron chi connectivity index (χ2n) is 9.04. The molecule has 1 aliphatic heterocycles.